The average molecular weight is 668 g/mol. The molecule has 4 aliphatic rings. The number of aromatic nitrogens is 2. The van der Waals surface area contributed by atoms with Gasteiger partial charge in [0.25, 0.3) is 6.08 Å². The van der Waals surface area contributed by atoms with E-state index in [1.807, 2.05) is 11.0 Å². The summed E-state index contributed by atoms with van der Waals surface area (Å²) in [7, 11) is 0. The molecule has 4 aromatic rings. The number of hydrogen-bond donors (Lipinski definition) is 2. The number of ether oxygens (including phenoxy) is 1. The normalized spacial score (nSPS) is 27.0. The minimum absolute atomic E-state index is 0.0595. The van der Waals surface area contributed by atoms with Gasteiger partial charge in [0, 0.05) is 54.5 Å². The van der Waals surface area contributed by atoms with Crippen molar-refractivity contribution in [3.8, 4) is 23.2 Å². The quantitative estimate of drug-likeness (QED) is 0.232. The van der Waals surface area contributed by atoms with Crippen LogP contribution in [0.5, 0.6) is 6.01 Å². The molecule has 0 spiro atoms. The average Bonchev–Trinajstić information content (AvgIpc) is 3.75. The molecule has 4 atom stereocenters. The number of alkyl halides is 1. The number of anilines is 2. The van der Waals surface area contributed by atoms with Gasteiger partial charge in [-0.25, -0.2) is 13.2 Å². The third-order valence-corrected chi connectivity index (χ3v) is 11.3. The summed E-state index contributed by atoms with van der Waals surface area (Å²) >= 11 is 0.918. The van der Waals surface area contributed by atoms with Gasteiger partial charge in [-0.15, -0.1) is 11.3 Å². The van der Waals surface area contributed by atoms with E-state index in [9.17, 15) is 22.8 Å². The fourth-order valence-electron chi connectivity index (χ4n) is 8.26. The van der Waals surface area contributed by atoms with Crippen LogP contribution < -0.4 is 20.7 Å². The Labute approximate surface area is 270 Å². The number of halogens is 5. The molecule has 0 saturated carbocycles. The van der Waals surface area contributed by atoms with Crippen molar-refractivity contribution in [2.45, 2.75) is 55.4 Å². The molecule has 14 heteroatoms. The second kappa shape index (κ2) is 11.0. The van der Waals surface area contributed by atoms with Gasteiger partial charge in [0.05, 0.1) is 21.3 Å². The number of hydrogen-bond acceptors (Lipinski definition) is 9. The summed E-state index contributed by atoms with van der Waals surface area (Å²) in [6.45, 7) is 1.81. The highest BCUT2D eigenvalue weighted by atomic mass is 32.1. The largest absolute Gasteiger partial charge is 0.461 e. The Morgan fingerprint density at radius 2 is 2.00 bits per heavy atom. The lowest BCUT2D eigenvalue weighted by Gasteiger charge is -2.40. The summed E-state index contributed by atoms with van der Waals surface area (Å²) in [5.41, 5.74) is 4.88. The molecule has 8 rings (SSSR count). The van der Waals surface area contributed by atoms with E-state index in [1.165, 1.54) is 18.2 Å². The van der Waals surface area contributed by atoms with Crippen LogP contribution in [0.25, 0.3) is 32.1 Å². The maximum Gasteiger partial charge on any atom is 0.319 e. The molecular formula is C33H30F5N7OS. The summed E-state index contributed by atoms with van der Waals surface area (Å²) in [6, 6.07) is 7.60. The molecule has 0 aliphatic carbocycles. The van der Waals surface area contributed by atoms with Crippen LogP contribution in [-0.4, -0.2) is 70.9 Å². The number of nitrogens with one attached hydrogen (secondary N) is 1. The number of nitrogens with zero attached hydrogens (tertiary/aromatic N) is 5. The molecule has 2 aromatic carbocycles. The Morgan fingerprint density at radius 3 is 2.81 bits per heavy atom. The molecule has 4 fully saturated rings. The highest BCUT2D eigenvalue weighted by molar-refractivity contribution is 7.23. The first-order chi connectivity index (χ1) is 22.6. The third kappa shape index (κ3) is 4.89. The lowest BCUT2D eigenvalue weighted by molar-refractivity contribution is 0.107. The molecule has 244 valence electrons. The van der Waals surface area contributed by atoms with Crippen LogP contribution in [0.3, 0.4) is 0 Å². The highest BCUT2D eigenvalue weighted by Gasteiger charge is 2.50. The van der Waals surface area contributed by atoms with E-state index in [0.29, 0.717) is 43.6 Å². The molecule has 2 bridgehead atoms. The summed E-state index contributed by atoms with van der Waals surface area (Å²) in [4.78, 5) is 13.2. The Kier molecular flexibility index (Phi) is 7.09. The Balaban J connectivity index is 1.27. The zero-order chi connectivity index (χ0) is 32.7. The fourth-order valence-corrected chi connectivity index (χ4v) is 9.21. The van der Waals surface area contributed by atoms with Gasteiger partial charge < -0.3 is 20.7 Å². The van der Waals surface area contributed by atoms with Gasteiger partial charge in [0.15, 0.2) is 5.82 Å². The number of nitriles is 1. The number of nitrogen functional groups attached to an aromatic ring is 1. The van der Waals surface area contributed by atoms with Gasteiger partial charge in [-0.1, -0.05) is 12.1 Å². The van der Waals surface area contributed by atoms with E-state index < -0.39 is 35.0 Å². The van der Waals surface area contributed by atoms with Crippen LogP contribution in [-0.2, 0) is 0 Å². The topological polar surface area (TPSA) is 103 Å². The molecule has 6 heterocycles. The second-order valence-electron chi connectivity index (χ2n) is 13.1. The molecule has 47 heavy (non-hydrogen) atoms. The van der Waals surface area contributed by atoms with Crippen LogP contribution in [0.4, 0.5) is 32.8 Å². The molecule has 1 unspecified atom stereocenters. The third-order valence-electron chi connectivity index (χ3n) is 10.2. The van der Waals surface area contributed by atoms with Crippen molar-refractivity contribution < 1.29 is 26.7 Å². The SMILES string of the molecule is N#Cc1c(N)sc2c(F)ccc(-c3ccc4c(N5C[C@H]6CC[C@@](C=C(F)F)(C5)N6)nc(OCC56CCCN5C[C@H](F)C6)nc4c3F)c12. The lowest BCUT2D eigenvalue weighted by atomic mass is 9.95. The molecule has 2 aromatic heterocycles. The first-order valence-electron chi connectivity index (χ1n) is 15.6. The van der Waals surface area contributed by atoms with E-state index in [4.69, 9.17) is 15.5 Å². The van der Waals surface area contributed by atoms with Gasteiger partial charge in [-0.2, -0.15) is 24.0 Å². The van der Waals surface area contributed by atoms with Crippen molar-refractivity contribution in [1.29, 1.82) is 5.26 Å². The maximum absolute atomic E-state index is 16.8. The van der Waals surface area contributed by atoms with E-state index in [-0.39, 0.29) is 62.5 Å². The standard InChI is InChI=1S/C33H30F5N7OS/c34-17-10-33(7-1-9-45(33)13-17)16-46-31-41-27-21(30(42-31)44-14-18-6-8-32(15-44,43-18)11-24(36)37)3-2-20(26(27)38)19-4-5-23(35)28-25(19)22(12-39)29(40)47-28/h2-5,11,17-18,43H,1,6-10,13-16,40H2/t17-,18-,32-,33?/m1/s1. The predicted molar refractivity (Wildman–Crippen MR) is 169 cm³/mol. The number of nitrogens with two attached hydrogens (primary N) is 1. The van der Waals surface area contributed by atoms with Crippen LogP contribution >= 0.6 is 11.3 Å². The molecule has 0 radical (unpaired) electrons. The lowest BCUT2D eigenvalue weighted by Crippen LogP contribution is -2.59. The second-order valence-corrected chi connectivity index (χ2v) is 14.2. The van der Waals surface area contributed by atoms with E-state index in [1.54, 1.807) is 6.07 Å². The van der Waals surface area contributed by atoms with E-state index >= 15 is 4.39 Å². The Hall–Kier alpha value is -4.06. The smallest absolute Gasteiger partial charge is 0.319 e. The molecule has 3 N–H and O–H groups in total. The van der Waals surface area contributed by atoms with Crippen LogP contribution in [0.2, 0.25) is 0 Å². The van der Waals surface area contributed by atoms with Crippen molar-refractivity contribution >= 4 is 43.1 Å². The molecule has 0 amide bonds. The van der Waals surface area contributed by atoms with Crippen molar-refractivity contribution in [2.75, 3.05) is 43.4 Å². The zero-order valence-corrected chi connectivity index (χ0v) is 25.9. The summed E-state index contributed by atoms with van der Waals surface area (Å²) in [5.74, 6) is -0.990. The van der Waals surface area contributed by atoms with Crippen molar-refractivity contribution in [2.24, 2.45) is 0 Å². The van der Waals surface area contributed by atoms with Crippen LogP contribution in [0, 0.1) is 23.0 Å². The number of piperazine rings is 1. The zero-order valence-electron chi connectivity index (χ0n) is 25.1. The molecular weight excluding hydrogens is 637 g/mol. The predicted octanol–water partition coefficient (Wildman–Crippen LogP) is 6.29. The first kappa shape index (κ1) is 30.3. The number of fused-ring (bicyclic) bond motifs is 5. The van der Waals surface area contributed by atoms with Gasteiger partial charge in [-0.3, -0.25) is 4.90 Å². The highest BCUT2D eigenvalue weighted by Crippen LogP contribution is 2.44. The van der Waals surface area contributed by atoms with Gasteiger partial charge in [-0.05, 0) is 49.9 Å². The van der Waals surface area contributed by atoms with Gasteiger partial charge in [0.2, 0.25) is 0 Å². The van der Waals surface area contributed by atoms with E-state index in [0.717, 1.165) is 36.8 Å². The van der Waals surface area contributed by atoms with Crippen LogP contribution in [0.15, 0.2) is 36.4 Å². The number of benzene rings is 2. The van der Waals surface area contributed by atoms with Crippen molar-refractivity contribution in [3.63, 3.8) is 0 Å². The molecule has 8 nitrogen and oxygen atoms in total. The fraction of sp³-hybridized carbons (Fsp3) is 0.424. The summed E-state index contributed by atoms with van der Waals surface area (Å²) < 4.78 is 79.6. The first-order valence-corrected chi connectivity index (χ1v) is 16.4. The van der Waals surface area contributed by atoms with Crippen molar-refractivity contribution in [1.82, 2.24) is 20.2 Å². The monoisotopic (exact) mass is 667 g/mol. The molecule has 4 aliphatic heterocycles. The number of thiophene rings is 1. The molecule has 4 saturated heterocycles. The van der Waals surface area contributed by atoms with Gasteiger partial charge >= 0.3 is 6.01 Å². The van der Waals surface area contributed by atoms with Gasteiger partial charge in [0.1, 0.15) is 41.0 Å². The Morgan fingerprint density at radius 1 is 1.17 bits per heavy atom. The minimum Gasteiger partial charge on any atom is -0.461 e. The van der Waals surface area contributed by atoms with E-state index in [2.05, 4.69) is 15.2 Å². The minimum atomic E-state index is -1.79. The number of rotatable bonds is 6. The summed E-state index contributed by atoms with van der Waals surface area (Å²) in [5, 5.41) is 13.8. The Bertz CT molecular complexity index is 2010. The summed E-state index contributed by atoms with van der Waals surface area (Å²) in [6.07, 6.45) is 1.35. The van der Waals surface area contributed by atoms with Crippen molar-refractivity contribution in [3.05, 3.63) is 53.6 Å². The maximum atomic E-state index is 16.8. The van der Waals surface area contributed by atoms with Crippen LogP contribution in [0.1, 0.15) is 37.7 Å².